The Morgan fingerprint density at radius 2 is 2.20 bits per heavy atom. The van der Waals surface area contributed by atoms with Crippen molar-refractivity contribution in [3.8, 4) is 6.07 Å². The highest BCUT2D eigenvalue weighted by Gasteiger charge is 2.27. The van der Waals surface area contributed by atoms with Gasteiger partial charge in [0, 0.05) is 43.5 Å². The standard InChI is InChI=1S/C19H18N4O2/c1-2-22(18-6-4-15(10-20)11-21-18)7-8-23-12-16-5-3-14(13-24)9-17(16)19(23)25/h3-6,9,11,13H,2,7-8,12H2,1H3. The van der Waals surface area contributed by atoms with Crippen molar-refractivity contribution in [2.45, 2.75) is 13.5 Å². The van der Waals surface area contributed by atoms with Gasteiger partial charge >= 0.3 is 0 Å². The first kappa shape index (κ1) is 16.7. The van der Waals surface area contributed by atoms with E-state index in [9.17, 15) is 9.59 Å². The number of carbonyl (C=O) groups is 2. The molecular formula is C19H18N4O2. The average Bonchev–Trinajstić information content (AvgIpc) is 2.98. The highest BCUT2D eigenvalue weighted by atomic mass is 16.2. The van der Waals surface area contributed by atoms with E-state index >= 15 is 0 Å². The van der Waals surface area contributed by atoms with Crippen molar-refractivity contribution in [1.29, 1.82) is 5.26 Å². The molecule has 1 amide bonds. The lowest BCUT2D eigenvalue weighted by Gasteiger charge is -2.25. The van der Waals surface area contributed by atoms with Crippen LogP contribution in [0.4, 0.5) is 5.82 Å². The Balaban J connectivity index is 1.67. The normalized spacial score (nSPS) is 12.6. The van der Waals surface area contributed by atoms with E-state index in [4.69, 9.17) is 5.26 Å². The van der Waals surface area contributed by atoms with E-state index in [1.165, 1.54) is 0 Å². The second-order valence-electron chi connectivity index (χ2n) is 5.86. The summed E-state index contributed by atoms with van der Waals surface area (Å²) in [5, 5.41) is 8.85. The van der Waals surface area contributed by atoms with E-state index in [0.717, 1.165) is 24.2 Å². The van der Waals surface area contributed by atoms with Gasteiger partial charge in [0.25, 0.3) is 5.91 Å². The smallest absolute Gasteiger partial charge is 0.254 e. The summed E-state index contributed by atoms with van der Waals surface area (Å²) in [5.74, 6) is 0.747. The third kappa shape index (κ3) is 3.36. The molecule has 1 aromatic carbocycles. The second-order valence-corrected chi connectivity index (χ2v) is 5.86. The lowest BCUT2D eigenvalue weighted by atomic mass is 10.1. The number of nitrogens with zero attached hydrogens (tertiary/aromatic N) is 4. The maximum absolute atomic E-state index is 12.5. The minimum atomic E-state index is -0.0393. The monoisotopic (exact) mass is 334 g/mol. The first-order valence-corrected chi connectivity index (χ1v) is 8.14. The molecule has 3 rings (SSSR count). The number of carbonyl (C=O) groups excluding carboxylic acids is 2. The van der Waals surface area contributed by atoms with Gasteiger partial charge in [-0.3, -0.25) is 9.59 Å². The molecule has 0 fully saturated rings. The summed E-state index contributed by atoms with van der Waals surface area (Å²) in [5.41, 5.74) is 2.61. The molecule has 25 heavy (non-hydrogen) atoms. The Morgan fingerprint density at radius 1 is 1.36 bits per heavy atom. The van der Waals surface area contributed by atoms with Gasteiger partial charge in [0.2, 0.25) is 0 Å². The lowest BCUT2D eigenvalue weighted by Crippen LogP contribution is -2.35. The van der Waals surface area contributed by atoms with Crippen LogP contribution in [0.3, 0.4) is 0 Å². The summed E-state index contributed by atoms with van der Waals surface area (Å²) < 4.78 is 0. The van der Waals surface area contributed by atoms with Gasteiger partial charge in [-0.2, -0.15) is 5.26 Å². The molecule has 0 radical (unpaired) electrons. The van der Waals surface area contributed by atoms with E-state index in [1.54, 1.807) is 29.3 Å². The van der Waals surface area contributed by atoms with E-state index in [-0.39, 0.29) is 5.91 Å². The lowest BCUT2D eigenvalue weighted by molar-refractivity contribution is 0.0782. The fourth-order valence-corrected chi connectivity index (χ4v) is 2.95. The zero-order valence-electron chi connectivity index (χ0n) is 14.0. The minimum absolute atomic E-state index is 0.0393. The maximum atomic E-state index is 12.5. The van der Waals surface area contributed by atoms with Crippen molar-refractivity contribution in [2.24, 2.45) is 0 Å². The second kappa shape index (κ2) is 7.14. The Morgan fingerprint density at radius 3 is 2.84 bits per heavy atom. The number of likely N-dealkylation sites (N-methyl/N-ethyl adjacent to an activating group) is 1. The summed E-state index contributed by atoms with van der Waals surface area (Å²) in [4.78, 5) is 31.6. The zero-order valence-corrected chi connectivity index (χ0v) is 14.0. The van der Waals surface area contributed by atoms with Crippen LogP contribution in [-0.4, -0.2) is 41.7 Å². The number of pyridine rings is 1. The van der Waals surface area contributed by atoms with Crippen LogP contribution in [0, 0.1) is 11.3 Å². The molecule has 2 heterocycles. The quantitative estimate of drug-likeness (QED) is 0.757. The molecule has 0 spiro atoms. The number of rotatable bonds is 6. The van der Waals surface area contributed by atoms with Crippen LogP contribution in [0.25, 0.3) is 0 Å². The number of aromatic nitrogens is 1. The SMILES string of the molecule is CCN(CCN1Cc2ccc(C=O)cc2C1=O)c1ccc(C#N)cn1. The van der Waals surface area contributed by atoms with E-state index in [0.29, 0.717) is 36.3 Å². The first-order chi connectivity index (χ1) is 12.2. The fourth-order valence-electron chi connectivity index (χ4n) is 2.95. The molecule has 6 nitrogen and oxygen atoms in total. The molecule has 1 aromatic heterocycles. The van der Waals surface area contributed by atoms with Gasteiger partial charge in [-0.1, -0.05) is 12.1 Å². The molecule has 126 valence electrons. The van der Waals surface area contributed by atoms with Crippen molar-refractivity contribution < 1.29 is 9.59 Å². The Kier molecular flexibility index (Phi) is 4.75. The predicted molar refractivity (Wildman–Crippen MR) is 93.4 cm³/mol. The Hall–Kier alpha value is -3.20. The number of anilines is 1. The molecule has 0 bridgehead atoms. The van der Waals surface area contributed by atoms with Gasteiger partial charge in [-0.15, -0.1) is 0 Å². The van der Waals surface area contributed by atoms with Gasteiger partial charge in [-0.25, -0.2) is 4.98 Å². The maximum Gasteiger partial charge on any atom is 0.254 e. The molecule has 1 aliphatic heterocycles. The molecule has 1 aliphatic rings. The van der Waals surface area contributed by atoms with Crippen molar-refractivity contribution in [1.82, 2.24) is 9.88 Å². The summed E-state index contributed by atoms with van der Waals surface area (Å²) in [6.45, 7) is 4.56. The van der Waals surface area contributed by atoms with Gasteiger partial charge in [0.15, 0.2) is 0 Å². The van der Waals surface area contributed by atoms with Crippen molar-refractivity contribution in [3.05, 3.63) is 58.8 Å². The molecule has 0 saturated heterocycles. The van der Waals surface area contributed by atoms with Crippen LogP contribution >= 0.6 is 0 Å². The summed E-state index contributed by atoms with van der Waals surface area (Å²) in [6.07, 6.45) is 2.31. The number of amides is 1. The zero-order chi connectivity index (χ0) is 17.8. The van der Waals surface area contributed by atoms with Crippen LogP contribution in [0.5, 0.6) is 0 Å². The Bertz CT molecular complexity index is 839. The minimum Gasteiger partial charge on any atom is -0.355 e. The number of hydrogen-bond donors (Lipinski definition) is 0. The van der Waals surface area contributed by atoms with Gasteiger partial charge < -0.3 is 9.80 Å². The predicted octanol–water partition coefficient (Wildman–Crippen LogP) is 2.25. The average molecular weight is 334 g/mol. The molecule has 0 saturated carbocycles. The van der Waals surface area contributed by atoms with Crippen LogP contribution in [-0.2, 0) is 6.54 Å². The highest BCUT2D eigenvalue weighted by Crippen LogP contribution is 2.23. The molecule has 0 unspecified atom stereocenters. The van der Waals surface area contributed by atoms with E-state index in [2.05, 4.69) is 16.0 Å². The number of hydrogen-bond acceptors (Lipinski definition) is 5. The number of benzene rings is 1. The highest BCUT2D eigenvalue weighted by molar-refractivity contribution is 5.99. The fraction of sp³-hybridized carbons (Fsp3) is 0.263. The molecule has 0 atom stereocenters. The van der Waals surface area contributed by atoms with E-state index in [1.807, 2.05) is 19.1 Å². The van der Waals surface area contributed by atoms with Crippen LogP contribution in [0.1, 0.15) is 38.8 Å². The van der Waals surface area contributed by atoms with Crippen LogP contribution in [0.2, 0.25) is 0 Å². The van der Waals surface area contributed by atoms with Gasteiger partial charge in [0.1, 0.15) is 18.2 Å². The molecule has 0 aliphatic carbocycles. The van der Waals surface area contributed by atoms with Crippen molar-refractivity contribution >= 4 is 18.0 Å². The largest absolute Gasteiger partial charge is 0.355 e. The van der Waals surface area contributed by atoms with Crippen molar-refractivity contribution in [2.75, 3.05) is 24.5 Å². The summed E-state index contributed by atoms with van der Waals surface area (Å²) in [7, 11) is 0. The van der Waals surface area contributed by atoms with Gasteiger partial charge in [-0.05, 0) is 30.7 Å². The van der Waals surface area contributed by atoms with E-state index < -0.39 is 0 Å². The number of aldehydes is 1. The summed E-state index contributed by atoms with van der Waals surface area (Å²) >= 11 is 0. The number of fused-ring (bicyclic) bond motifs is 1. The third-order valence-electron chi connectivity index (χ3n) is 4.37. The topological polar surface area (TPSA) is 77.3 Å². The molecule has 6 heteroatoms. The van der Waals surface area contributed by atoms with Crippen LogP contribution < -0.4 is 4.90 Å². The Labute approximate surface area is 146 Å². The summed E-state index contributed by atoms with van der Waals surface area (Å²) in [6, 6.07) is 10.9. The van der Waals surface area contributed by atoms with Crippen molar-refractivity contribution in [3.63, 3.8) is 0 Å². The molecule has 2 aromatic rings. The first-order valence-electron chi connectivity index (χ1n) is 8.14. The van der Waals surface area contributed by atoms with Crippen LogP contribution in [0.15, 0.2) is 36.5 Å². The third-order valence-corrected chi connectivity index (χ3v) is 4.37. The molecule has 0 N–H and O–H groups in total. The molecular weight excluding hydrogens is 316 g/mol. The van der Waals surface area contributed by atoms with Gasteiger partial charge in [0.05, 0.1) is 5.56 Å². The number of nitriles is 1.